The molecule has 0 fully saturated rings. The van der Waals surface area contributed by atoms with Gasteiger partial charge in [0.15, 0.2) is 0 Å². The number of hydrogen-bond acceptors (Lipinski definition) is 2. The lowest BCUT2D eigenvalue weighted by molar-refractivity contribution is 0.230. The Bertz CT molecular complexity index is 365. The van der Waals surface area contributed by atoms with E-state index in [1.807, 2.05) is 26.0 Å². The summed E-state index contributed by atoms with van der Waals surface area (Å²) in [6.45, 7) is 5.65. The molecule has 0 amide bonds. The number of benzene rings is 1. The van der Waals surface area contributed by atoms with Gasteiger partial charge in [-0.2, -0.15) is 0 Å². The molecule has 0 saturated heterocycles. The second-order valence-corrected chi connectivity index (χ2v) is 3.94. The summed E-state index contributed by atoms with van der Waals surface area (Å²) in [5.41, 5.74) is 2.97. The molecule has 0 aliphatic heterocycles. The Morgan fingerprint density at radius 3 is 2.40 bits per heavy atom. The highest BCUT2D eigenvalue weighted by atomic mass is 16.3. The van der Waals surface area contributed by atoms with E-state index in [1.165, 1.54) is 0 Å². The van der Waals surface area contributed by atoms with Crippen LogP contribution in [0.15, 0.2) is 35.4 Å². The van der Waals surface area contributed by atoms with Crippen molar-refractivity contribution >= 4 is 0 Å². The number of allylic oxidation sites excluding steroid dienone is 1. The topological polar surface area (TPSA) is 40.5 Å². The minimum absolute atomic E-state index is 0.315. The Labute approximate surface area is 90.9 Å². The average Bonchev–Trinajstić information content (AvgIpc) is 2.20. The monoisotopic (exact) mass is 206 g/mol. The number of rotatable bonds is 3. The van der Waals surface area contributed by atoms with Crippen molar-refractivity contribution in [2.75, 3.05) is 0 Å². The van der Waals surface area contributed by atoms with E-state index >= 15 is 0 Å². The van der Waals surface area contributed by atoms with Crippen LogP contribution < -0.4 is 0 Å². The van der Waals surface area contributed by atoms with E-state index in [0.29, 0.717) is 12.2 Å². The highest BCUT2D eigenvalue weighted by Crippen LogP contribution is 2.21. The quantitative estimate of drug-likeness (QED) is 0.746. The van der Waals surface area contributed by atoms with Crippen LogP contribution in [0.5, 0.6) is 5.75 Å². The maximum Gasteiger partial charge on any atom is 0.119 e. The minimum atomic E-state index is -0.421. The summed E-state index contributed by atoms with van der Waals surface area (Å²) in [4.78, 5) is 0. The van der Waals surface area contributed by atoms with Gasteiger partial charge in [0.2, 0.25) is 0 Å². The molecule has 1 unspecified atom stereocenters. The number of phenolic OH excluding ortho intramolecular Hbond substituents is 1. The summed E-state index contributed by atoms with van der Waals surface area (Å²) < 4.78 is 0. The standard InChI is InChI=1S/C13H18O2/c1-9(10(2)11(3)14)8-12-6-4-5-7-13(12)15/h4-7,11,14-15H,8H2,1-3H3/b10-9+. The highest BCUT2D eigenvalue weighted by molar-refractivity contribution is 5.35. The third kappa shape index (κ3) is 3.10. The summed E-state index contributed by atoms with van der Waals surface area (Å²) in [5, 5.41) is 19.0. The fraction of sp³-hybridized carbons (Fsp3) is 0.385. The highest BCUT2D eigenvalue weighted by Gasteiger charge is 2.06. The molecule has 15 heavy (non-hydrogen) atoms. The lowest BCUT2D eigenvalue weighted by Crippen LogP contribution is -2.05. The second-order valence-electron chi connectivity index (χ2n) is 3.94. The Balaban J connectivity index is 2.88. The van der Waals surface area contributed by atoms with Crippen molar-refractivity contribution in [3.63, 3.8) is 0 Å². The fourth-order valence-corrected chi connectivity index (χ4v) is 1.44. The van der Waals surface area contributed by atoms with E-state index in [0.717, 1.165) is 16.7 Å². The lowest BCUT2D eigenvalue weighted by atomic mass is 9.99. The van der Waals surface area contributed by atoms with Crippen LogP contribution in [0.2, 0.25) is 0 Å². The van der Waals surface area contributed by atoms with E-state index in [1.54, 1.807) is 19.1 Å². The van der Waals surface area contributed by atoms with Crippen molar-refractivity contribution in [2.24, 2.45) is 0 Å². The predicted octanol–water partition coefficient (Wildman–Crippen LogP) is 2.65. The molecular formula is C13H18O2. The number of aliphatic hydroxyl groups is 1. The van der Waals surface area contributed by atoms with Crippen molar-refractivity contribution < 1.29 is 10.2 Å². The summed E-state index contributed by atoms with van der Waals surface area (Å²) in [6, 6.07) is 7.29. The molecule has 1 rings (SSSR count). The Kier molecular flexibility index (Phi) is 3.92. The molecule has 2 N–H and O–H groups in total. The van der Waals surface area contributed by atoms with Gasteiger partial charge in [-0.1, -0.05) is 23.8 Å². The smallest absolute Gasteiger partial charge is 0.119 e. The Morgan fingerprint density at radius 1 is 1.27 bits per heavy atom. The molecule has 0 spiro atoms. The molecule has 0 aliphatic carbocycles. The van der Waals surface area contributed by atoms with E-state index in [-0.39, 0.29) is 0 Å². The molecule has 2 nitrogen and oxygen atoms in total. The Hall–Kier alpha value is -1.28. The van der Waals surface area contributed by atoms with Crippen LogP contribution in [0, 0.1) is 0 Å². The van der Waals surface area contributed by atoms with Crippen molar-refractivity contribution in [2.45, 2.75) is 33.3 Å². The maximum absolute atomic E-state index is 9.59. The van der Waals surface area contributed by atoms with Crippen molar-refractivity contribution in [3.05, 3.63) is 41.0 Å². The van der Waals surface area contributed by atoms with Crippen LogP contribution in [-0.4, -0.2) is 16.3 Å². The van der Waals surface area contributed by atoms with Crippen LogP contribution in [0.1, 0.15) is 26.3 Å². The van der Waals surface area contributed by atoms with Crippen LogP contribution in [0.25, 0.3) is 0 Å². The van der Waals surface area contributed by atoms with E-state index < -0.39 is 6.10 Å². The molecule has 0 radical (unpaired) electrons. The summed E-state index contributed by atoms with van der Waals surface area (Å²) in [7, 11) is 0. The third-order valence-electron chi connectivity index (χ3n) is 2.75. The van der Waals surface area contributed by atoms with E-state index in [9.17, 15) is 10.2 Å². The van der Waals surface area contributed by atoms with Gasteiger partial charge in [-0.25, -0.2) is 0 Å². The average molecular weight is 206 g/mol. The SMILES string of the molecule is C/C(Cc1ccccc1O)=C(/C)C(C)O. The number of phenols is 1. The molecule has 1 atom stereocenters. The maximum atomic E-state index is 9.59. The third-order valence-corrected chi connectivity index (χ3v) is 2.75. The van der Waals surface area contributed by atoms with Gasteiger partial charge >= 0.3 is 0 Å². The first-order valence-electron chi connectivity index (χ1n) is 5.13. The van der Waals surface area contributed by atoms with Gasteiger partial charge in [0.1, 0.15) is 5.75 Å². The fourth-order valence-electron chi connectivity index (χ4n) is 1.44. The first-order chi connectivity index (χ1) is 7.02. The summed E-state index contributed by atoms with van der Waals surface area (Å²) in [6.07, 6.45) is 0.263. The number of aromatic hydroxyl groups is 1. The number of para-hydroxylation sites is 1. The largest absolute Gasteiger partial charge is 0.508 e. The van der Waals surface area contributed by atoms with Crippen molar-refractivity contribution in [1.29, 1.82) is 0 Å². The zero-order valence-electron chi connectivity index (χ0n) is 9.49. The van der Waals surface area contributed by atoms with Gasteiger partial charge in [-0.3, -0.25) is 0 Å². The van der Waals surface area contributed by atoms with Crippen LogP contribution in [0.4, 0.5) is 0 Å². The summed E-state index contributed by atoms with van der Waals surface area (Å²) >= 11 is 0. The number of aliphatic hydroxyl groups excluding tert-OH is 1. The zero-order valence-corrected chi connectivity index (χ0v) is 9.49. The van der Waals surface area contributed by atoms with Crippen LogP contribution >= 0.6 is 0 Å². The van der Waals surface area contributed by atoms with Crippen molar-refractivity contribution in [1.82, 2.24) is 0 Å². The lowest BCUT2D eigenvalue weighted by Gasteiger charge is -2.11. The van der Waals surface area contributed by atoms with Gasteiger partial charge < -0.3 is 10.2 Å². The first-order valence-corrected chi connectivity index (χ1v) is 5.13. The van der Waals surface area contributed by atoms with Crippen molar-refractivity contribution in [3.8, 4) is 5.75 Å². The Morgan fingerprint density at radius 2 is 1.87 bits per heavy atom. The molecule has 2 heteroatoms. The molecule has 0 bridgehead atoms. The predicted molar refractivity (Wildman–Crippen MR) is 61.9 cm³/mol. The van der Waals surface area contributed by atoms with Gasteiger partial charge in [-0.05, 0) is 44.4 Å². The molecule has 0 saturated carbocycles. The number of hydrogen-bond donors (Lipinski definition) is 2. The van der Waals surface area contributed by atoms with Gasteiger partial charge in [0.25, 0.3) is 0 Å². The van der Waals surface area contributed by atoms with E-state index in [2.05, 4.69) is 0 Å². The van der Waals surface area contributed by atoms with Gasteiger partial charge in [0.05, 0.1) is 6.10 Å². The van der Waals surface area contributed by atoms with E-state index in [4.69, 9.17) is 0 Å². The zero-order chi connectivity index (χ0) is 11.4. The first kappa shape index (κ1) is 11.8. The van der Waals surface area contributed by atoms with Crippen LogP contribution in [-0.2, 0) is 6.42 Å². The van der Waals surface area contributed by atoms with Gasteiger partial charge in [-0.15, -0.1) is 0 Å². The molecule has 0 aliphatic rings. The normalized spacial score (nSPS) is 14.7. The molecule has 0 heterocycles. The molecule has 82 valence electrons. The minimum Gasteiger partial charge on any atom is -0.508 e. The molecule has 0 aromatic heterocycles. The summed E-state index contributed by atoms with van der Waals surface area (Å²) in [5.74, 6) is 0.315. The van der Waals surface area contributed by atoms with Crippen LogP contribution in [0.3, 0.4) is 0 Å². The molecule has 1 aromatic carbocycles. The van der Waals surface area contributed by atoms with Gasteiger partial charge in [0, 0.05) is 0 Å². The molecular weight excluding hydrogens is 188 g/mol. The molecule has 1 aromatic rings. The second kappa shape index (κ2) is 4.99.